The number of halogens is 1. The highest BCUT2D eigenvalue weighted by molar-refractivity contribution is 6.30. The second kappa shape index (κ2) is 6.72. The zero-order chi connectivity index (χ0) is 17.1. The van der Waals surface area contributed by atoms with Crippen LogP contribution >= 0.6 is 11.6 Å². The van der Waals surface area contributed by atoms with Gasteiger partial charge in [0.2, 0.25) is 5.76 Å². The molecule has 0 aliphatic heterocycles. The number of benzene rings is 1. The molecular weight excluding hydrogens is 330 g/mol. The van der Waals surface area contributed by atoms with Gasteiger partial charge in [0, 0.05) is 22.3 Å². The van der Waals surface area contributed by atoms with Gasteiger partial charge in [0.1, 0.15) is 5.69 Å². The fourth-order valence-corrected chi connectivity index (χ4v) is 2.32. The molecule has 3 aromatic rings. The number of carbonyl (C=O) groups excluding carboxylic acids is 1. The van der Waals surface area contributed by atoms with Crippen molar-refractivity contribution < 1.29 is 14.1 Å². The summed E-state index contributed by atoms with van der Waals surface area (Å²) in [7, 11) is 1.51. The van der Waals surface area contributed by atoms with Gasteiger partial charge < -0.3 is 14.6 Å². The van der Waals surface area contributed by atoms with Crippen molar-refractivity contribution in [3.63, 3.8) is 0 Å². The van der Waals surface area contributed by atoms with Crippen molar-refractivity contribution in [1.29, 1.82) is 0 Å². The van der Waals surface area contributed by atoms with E-state index in [0.29, 0.717) is 22.3 Å². The second-order valence-electron chi connectivity index (χ2n) is 5.04. The number of nitrogens with zero attached hydrogens (tertiary/aromatic N) is 2. The van der Waals surface area contributed by atoms with E-state index in [1.807, 2.05) is 13.0 Å². The van der Waals surface area contributed by atoms with Crippen LogP contribution in [0.3, 0.4) is 0 Å². The van der Waals surface area contributed by atoms with Gasteiger partial charge in [-0.15, -0.1) is 0 Å². The van der Waals surface area contributed by atoms with Gasteiger partial charge in [-0.05, 0) is 31.2 Å². The monoisotopic (exact) mass is 343 g/mol. The van der Waals surface area contributed by atoms with E-state index in [9.17, 15) is 4.79 Å². The molecule has 0 aliphatic rings. The van der Waals surface area contributed by atoms with Crippen LogP contribution in [0.4, 0.5) is 5.82 Å². The number of nitrogens with one attached hydrogen (secondary N) is 1. The molecule has 1 N–H and O–H groups in total. The van der Waals surface area contributed by atoms with Crippen molar-refractivity contribution >= 4 is 23.3 Å². The normalized spacial score (nSPS) is 10.5. The molecule has 0 atom stereocenters. The van der Waals surface area contributed by atoms with E-state index in [1.165, 1.54) is 7.11 Å². The number of aromatic nitrogens is 2. The summed E-state index contributed by atoms with van der Waals surface area (Å²) in [6.07, 6.45) is 0. The Kier molecular flexibility index (Phi) is 4.48. The third kappa shape index (κ3) is 3.38. The minimum absolute atomic E-state index is 0.0651. The molecule has 1 aromatic carbocycles. The third-order valence-electron chi connectivity index (χ3n) is 3.30. The number of hydrogen-bond donors (Lipinski definition) is 1. The molecule has 122 valence electrons. The Morgan fingerprint density at radius 3 is 2.83 bits per heavy atom. The average Bonchev–Trinajstić information content (AvgIpc) is 3.05. The third-order valence-corrected chi connectivity index (χ3v) is 3.54. The number of anilines is 1. The standard InChI is InChI=1S/C17H14ClN3O3/c1-10-6-7-14(23-2)16(19-10)20-17(22)15-9-13(21-24-15)11-4-3-5-12(18)8-11/h3-9H,1-2H3,(H,19,20,22). The molecule has 6 nitrogen and oxygen atoms in total. The lowest BCUT2D eigenvalue weighted by atomic mass is 10.1. The largest absolute Gasteiger partial charge is 0.493 e. The lowest BCUT2D eigenvalue weighted by molar-refractivity contribution is 0.0987. The van der Waals surface area contributed by atoms with Crippen LogP contribution in [0.1, 0.15) is 16.2 Å². The summed E-state index contributed by atoms with van der Waals surface area (Å²) in [6.45, 7) is 1.82. The molecule has 0 fully saturated rings. The number of rotatable bonds is 4. The van der Waals surface area contributed by atoms with Crippen molar-refractivity contribution in [3.05, 3.63) is 58.9 Å². The van der Waals surface area contributed by atoms with Crippen molar-refractivity contribution in [2.45, 2.75) is 6.92 Å². The second-order valence-corrected chi connectivity index (χ2v) is 5.48. The highest BCUT2D eigenvalue weighted by atomic mass is 35.5. The minimum atomic E-state index is -0.466. The van der Waals surface area contributed by atoms with Crippen molar-refractivity contribution in [1.82, 2.24) is 10.1 Å². The van der Waals surface area contributed by atoms with E-state index >= 15 is 0 Å². The molecule has 3 rings (SSSR count). The number of amides is 1. The number of pyridine rings is 1. The first-order valence-electron chi connectivity index (χ1n) is 7.12. The summed E-state index contributed by atoms with van der Waals surface area (Å²) in [4.78, 5) is 16.6. The van der Waals surface area contributed by atoms with Crippen LogP contribution in [-0.2, 0) is 0 Å². The Hall–Kier alpha value is -2.86. The quantitative estimate of drug-likeness (QED) is 0.775. The molecule has 0 aliphatic carbocycles. The van der Waals surface area contributed by atoms with Gasteiger partial charge in [-0.3, -0.25) is 4.79 Å². The maximum absolute atomic E-state index is 12.3. The number of methoxy groups -OCH3 is 1. The lowest BCUT2D eigenvalue weighted by Gasteiger charge is -2.08. The molecule has 0 unspecified atom stereocenters. The molecule has 0 radical (unpaired) electrons. The molecular formula is C17H14ClN3O3. The molecule has 1 amide bonds. The molecule has 0 saturated carbocycles. The number of ether oxygens (including phenoxy) is 1. The maximum atomic E-state index is 12.3. The summed E-state index contributed by atoms with van der Waals surface area (Å²) < 4.78 is 10.3. The Balaban J connectivity index is 1.83. The molecule has 0 saturated heterocycles. The van der Waals surface area contributed by atoms with E-state index < -0.39 is 5.91 Å². The summed E-state index contributed by atoms with van der Waals surface area (Å²) >= 11 is 5.96. The number of hydrogen-bond acceptors (Lipinski definition) is 5. The molecule has 24 heavy (non-hydrogen) atoms. The van der Waals surface area contributed by atoms with E-state index in [2.05, 4.69) is 15.5 Å². The topological polar surface area (TPSA) is 77.2 Å². The predicted molar refractivity (Wildman–Crippen MR) is 90.4 cm³/mol. The van der Waals surface area contributed by atoms with E-state index in [-0.39, 0.29) is 5.76 Å². The van der Waals surface area contributed by atoms with Crippen molar-refractivity contribution in [3.8, 4) is 17.0 Å². The molecule has 0 spiro atoms. The van der Waals surface area contributed by atoms with Gasteiger partial charge in [-0.25, -0.2) is 4.98 Å². The van der Waals surface area contributed by atoms with Gasteiger partial charge >= 0.3 is 0 Å². The predicted octanol–water partition coefficient (Wildman–Crippen LogP) is 3.96. The van der Waals surface area contributed by atoms with Gasteiger partial charge in [0.15, 0.2) is 11.6 Å². The van der Waals surface area contributed by atoms with E-state index in [0.717, 1.165) is 11.3 Å². The van der Waals surface area contributed by atoms with Crippen LogP contribution in [0, 0.1) is 6.92 Å². The summed E-state index contributed by atoms with van der Waals surface area (Å²) in [6, 6.07) is 12.2. The lowest BCUT2D eigenvalue weighted by Crippen LogP contribution is -2.13. The first kappa shape index (κ1) is 16.0. The minimum Gasteiger partial charge on any atom is -0.493 e. The average molecular weight is 344 g/mol. The summed E-state index contributed by atoms with van der Waals surface area (Å²) in [5, 5.41) is 7.14. The van der Waals surface area contributed by atoms with Gasteiger partial charge in [0.25, 0.3) is 5.91 Å². The van der Waals surface area contributed by atoms with Gasteiger partial charge in [-0.2, -0.15) is 0 Å². The maximum Gasteiger partial charge on any atom is 0.295 e. The van der Waals surface area contributed by atoms with Crippen LogP contribution in [-0.4, -0.2) is 23.2 Å². The first-order chi connectivity index (χ1) is 11.6. The van der Waals surface area contributed by atoms with Crippen LogP contribution in [0.2, 0.25) is 5.02 Å². The smallest absolute Gasteiger partial charge is 0.295 e. The van der Waals surface area contributed by atoms with Crippen LogP contribution in [0.5, 0.6) is 5.75 Å². The molecule has 0 bridgehead atoms. The van der Waals surface area contributed by atoms with Crippen LogP contribution < -0.4 is 10.1 Å². The first-order valence-corrected chi connectivity index (χ1v) is 7.50. The zero-order valence-electron chi connectivity index (χ0n) is 13.0. The van der Waals surface area contributed by atoms with E-state index in [4.69, 9.17) is 20.9 Å². The molecule has 2 aromatic heterocycles. The Morgan fingerprint density at radius 2 is 2.08 bits per heavy atom. The highest BCUT2D eigenvalue weighted by Gasteiger charge is 2.17. The number of carbonyl (C=O) groups is 1. The van der Waals surface area contributed by atoms with Crippen LogP contribution in [0.25, 0.3) is 11.3 Å². The Bertz CT molecular complexity index is 892. The molecule has 7 heteroatoms. The zero-order valence-corrected chi connectivity index (χ0v) is 13.8. The summed E-state index contributed by atoms with van der Waals surface area (Å²) in [5.41, 5.74) is 2.03. The Labute approximate surface area is 143 Å². The van der Waals surface area contributed by atoms with Crippen molar-refractivity contribution in [2.75, 3.05) is 12.4 Å². The Morgan fingerprint density at radius 1 is 1.25 bits per heavy atom. The van der Waals surface area contributed by atoms with Gasteiger partial charge in [-0.1, -0.05) is 28.9 Å². The summed E-state index contributed by atoms with van der Waals surface area (Å²) in [5.74, 6) is 0.384. The SMILES string of the molecule is COc1ccc(C)nc1NC(=O)c1cc(-c2cccc(Cl)c2)no1. The van der Waals surface area contributed by atoms with Crippen LogP contribution in [0.15, 0.2) is 47.0 Å². The number of aryl methyl sites for hydroxylation is 1. The fraction of sp³-hybridized carbons (Fsp3) is 0.118. The van der Waals surface area contributed by atoms with Crippen molar-refractivity contribution in [2.24, 2.45) is 0 Å². The highest BCUT2D eigenvalue weighted by Crippen LogP contribution is 2.25. The van der Waals surface area contributed by atoms with E-state index in [1.54, 1.807) is 36.4 Å². The fourth-order valence-electron chi connectivity index (χ4n) is 2.13. The van der Waals surface area contributed by atoms with Gasteiger partial charge in [0.05, 0.1) is 7.11 Å². The molecule has 2 heterocycles.